The van der Waals surface area contributed by atoms with Gasteiger partial charge >= 0.3 is 0 Å². The van der Waals surface area contributed by atoms with Gasteiger partial charge in [-0.25, -0.2) is 0 Å². The van der Waals surface area contributed by atoms with Crippen LogP contribution in [0.2, 0.25) is 0 Å². The lowest BCUT2D eigenvalue weighted by molar-refractivity contribution is -0.123. The Balaban J connectivity index is 0.000000218. The predicted molar refractivity (Wildman–Crippen MR) is 42.8 cm³/mol. The molecule has 0 atom stereocenters. The van der Waals surface area contributed by atoms with Crippen molar-refractivity contribution in [1.29, 1.82) is 0 Å². The number of amides is 2. The molecule has 1 aliphatic heterocycles. The van der Waals surface area contributed by atoms with Gasteiger partial charge in [0.1, 0.15) is 0 Å². The van der Waals surface area contributed by atoms with Gasteiger partial charge in [-0.2, -0.15) is 0 Å². The lowest BCUT2D eigenvalue weighted by Crippen LogP contribution is -2.19. The Morgan fingerprint density at radius 1 is 1.09 bits per heavy atom. The van der Waals surface area contributed by atoms with Crippen LogP contribution in [-0.2, 0) is 9.59 Å². The summed E-state index contributed by atoms with van der Waals surface area (Å²) in [5, 5.41) is 2.03. The highest BCUT2D eigenvalue weighted by Crippen LogP contribution is 1.82. The van der Waals surface area contributed by atoms with Crippen LogP contribution in [0.1, 0.15) is 13.8 Å². The molecule has 0 aromatic heterocycles. The molecule has 0 radical (unpaired) electrons. The fourth-order valence-corrected chi connectivity index (χ4v) is 0.356. The summed E-state index contributed by atoms with van der Waals surface area (Å²) in [6.45, 7) is 4.00. The molecule has 0 saturated carbocycles. The number of carbonyl (C=O) groups excluding carboxylic acids is 2. The van der Waals surface area contributed by atoms with Crippen molar-refractivity contribution in [2.24, 2.45) is 0 Å². The predicted octanol–water partition coefficient (Wildman–Crippen LogP) is 0.781. The maximum Gasteiger partial charge on any atom is 0.250 e. The number of rotatable bonds is 0. The molecule has 60 valence electrons. The van der Waals surface area contributed by atoms with E-state index < -0.39 is 0 Å². The Labute approximate surface area is 65.8 Å². The number of hydrogen-bond acceptors (Lipinski definition) is 2. The summed E-state index contributed by atoms with van der Waals surface area (Å²) in [5.74, 6) is -0.657. The van der Waals surface area contributed by atoms with Crippen molar-refractivity contribution in [3.63, 3.8) is 0 Å². The van der Waals surface area contributed by atoms with Gasteiger partial charge in [0.05, 0.1) is 0 Å². The van der Waals surface area contributed by atoms with Crippen molar-refractivity contribution >= 4 is 11.8 Å². The summed E-state index contributed by atoms with van der Waals surface area (Å²) >= 11 is 0. The summed E-state index contributed by atoms with van der Waals surface area (Å²) in [6, 6.07) is 0. The van der Waals surface area contributed by atoms with E-state index in [1.807, 2.05) is 31.3 Å². The van der Waals surface area contributed by atoms with Crippen molar-refractivity contribution in [1.82, 2.24) is 5.32 Å². The molecule has 0 aromatic rings. The molecule has 3 nitrogen and oxygen atoms in total. The second-order valence-electron chi connectivity index (χ2n) is 1.85. The minimum Gasteiger partial charge on any atom is -0.289 e. The Kier molecular flexibility index (Phi) is 4.73. The van der Waals surface area contributed by atoms with E-state index in [9.17, 15) is 9.59 Å². The van der Waals surface area contributed by atoms with E-state index in [1.165, 1.54) is 12.2 Å². The monoisotopic (exact) mass is 153 g/mol. The maximum atomic E-state index is 10.0. The third kappa shape index (κ3) is 5.08. The smallest absolute Gasteiger partial charge is 0.250 e. The first-order valence-electron chi connectivity index (χ1n) is 3.31. The SMILES string of the molecule is CC=CC.O=C1C=CC(=O)N1. The third-order valence-corrected chi connectivity index (χ3v) is 0.966. The minimum atomic E-state index is -0.329. The zero-order valence-electron chi connectivity index (χ0n) is 6.63. The molecule has 0 bridgehead atoms. The second kappa shape index (κ2) is 5.41. The van der Waals surface area contributed by atoms with Crippen LogP contribution in [0, 0.1) is 0 Å². The molecule has 1 heterocycles. The van der Waals surface area contributed by atoms with Crippen LogP contribution in [0.5, 0.6) is 0 Å². The van der Waals surface area contributed by atoms with Gasteiger partial charge in [-0.1, -0.05) is 12.2 Å². The van der Waals surface area contributed by atoms with Crippen LogP contribution >= 0.6 is 0 Å². The molecular weight excluding hydrogens is 142 g/mol. The highest BCUT2D eigenvalue weighted by molar-refractivity contribution is 6.12. The fourth-order valence-electron chi connectivity index (χ4n) is 0.356. The molecule has 0 aromatic carbocycles. The van der Waals surface area contributed by atoms with Crippen molar-refractivity contribution in [3.8, 4) is 0 Å². The van der Waals surface area contributed by atoms with Gasteiger partial charge in [-0.05, 0) is 13.8 Å². The van der Waals surface area contributed by atoms with Crippen molar-refractivity contribution < 1.29 is 9.59 Å². The van der Waals surface area contributed by atoms with Crippen molar-refractivity contribution in [2.45, 2.75) is 13.8 Å². The number of carbonyl (C=O) groups is 2. The third-order valence-electron chi connectivity index (χ3n) is 0.966. The van der Waals surface area contributed by atoms with E-state index in [2.05, 4.69) is 0 Å². The topological polar surface area (TPSA) is 46.2 Å². The average Bonchev–Trinajstić information content (AvgIpc) is 2.35. The van der Waals surface area contributed by atoms with Gasteiger partial charge in [-0.3, -0.25) is 14.9 Å². The minimum absolute atomic E-state index is 0.329. The first-order valence-corrected chi connectivity index (χ1v) is 3.31. The van der Waals surface area contributed by atoms with Crippen molar-refractivity contribution in [3.05, 3.63) is 24.3 Å². The van der Waals surface area contributed by atoms with Gasteiger partial charge in [0, 0.05) is 12.2 Å². The molecule has 2 amide bonds. The van der Waals surface area contributed by atoms with E-state index in [-0.39, 0.29) is 11.8 Å². The van der Waals surface area contributed by atoms with E-state index in [0.717, 1.165) is 0 Å². The Morgan fingerprint density at radius 2 is 1.45 bits per heavy atom. The first-order chi connectivity index (χ1) is 5.20. The average molecular weight is 153 g/mol. The molecular formula is C8H11NO2. The molecule has 1 N–H and O–H groups in total. The number of imide groups is 1. The highest BCUT2D eigenvalue weighted by Gasteiger charge is 2.06. The van der Waals surface area contributed by atoms with Crippen molar-refractivity contribution in [2.75, 3.05) is 0 Å². The molecule has 1 aliphatic rings. The lowest BCUT2D eigenvalue weighted by Gasteiger charge is -1.80. The van der Waals surface area contributed by atoms with Crippen LogP contribution in [-0.4, -0.2) is 11.8 Å². The molecule has 0 saturated heterocycles. The van der Waals surface area contributed by atoms with Crippen LogP contribution in [0.3, 0.4) is 0 Å². The molecule has 0 spiro atoms. The van der Waals surface area contributed by atoms with Gasteiger partial charge < -0.3 is 0 Å². The van der Waals surface area contributed by atoms with Gasteiger partial charge in [-0.15, -0.1) is 0 Å². The fraction of sp³-hybridized carbons (Fsp3) is 0.250. The van der Waals surface area contributed by atoms with E-state index >= 15 is 0 Å². The van der Waals surface area contributed by atoms with E-state index in [0.29, 0.717) is 0 Å². The molecule has 0 aliphatic carbocycles. The van der Waals surface area contributed by atoms with Crippen LogP contribution in [0.25, 0.3) is 0 Å². The van der Waals surface area contributed by atoms with E-state index in [4.69, 9.17) is 0 Å². The molecule has 1 rings (SSSR count). The largest absolute Gasteiger partial charge is 0.289 e. The molecule has 0 unspecified atom stereocenters. The highest BCUT2D eigenvalue weighted by atomic mass is 16.2. The zero-order valence-corrected chi connectivity index (χ0v) is 6.63. The van der Waals surface area contributed by atoms with Crippen LogP contribution in [0.15, 0.2) is 24.3 Å². The number of hydrogen-bond donors (Lipinski definition) is 1. The van der Waals surface area contributed by atoms with Crippen LogP contribution < -0.4 is 5.32 Å². The zero-order chi connectivity index (χ0) is 8.69. The van der Waals surface area contributed by atoms with Crippen LogP contribution in [0.4, 0.5) is 0 Å². The van der Waals surface area contributed by atoms with Gasteiger partial charge in [0.25, 0.3) is 11.8 Å². The maximum absolute atomic E-state index is 10.0. The lowest BCUT2D eigenvalue weighted by atomic mass is 10.6. The summed E-state index contributed by atoms with van der Waals surface area (Å²) in [6.07, 6.45) is 6.39. The Bertz CT molecular complexity index is 184. The Hall–Kier alpha value is -1.38. The Morgan fingerprint density at radius 3 is 1.55 bits per heavy atom. The quantitative estimate of drug-likeness (QED) is 0.413. The summed E-state index contributed by atoms with van der Waals surface area (Å²) in [7, 11) is 0. The molecule has 3 heteroatoms. The second-order valence-corrected chi connectivity index (χ2v) is 1.85. The number of allylic oxidation sites excluding steroid dienone is 2. The normalized spacial score (nSPS) is 14.7. The summed E-state index contributed by atoms with van der Waals surface area (Å²) in [5.41, 5.74) is 0. The standard InChI is InChI=1S/C4H3NO2.C4H8/c6-3-1-2-4(7)5-3;1-3-4-2/h1-2H,(H,5,6,7);3-4H,1-2H3. The summed E-state index contributed by atoms with van der Waals surface area (Å²) < 4.78 is 0. The number of nitrogens with one attached hydrogen (secondary N) is 1. The van der Waals surface area contributed by atoms with Gasteiger partial charge in [0.2, 0.25) is 0 Å². The van der Waals surface area contributed by atoms with Gasteiger partial charge in [0.15, 0.2) is 0 Å². The first kappa shape index (κ1) is 9.62. The molecule has 0 fully saturated rings. The summed E-state index contributed by atoms with van der Waals surface area (Å²) in [4.78, 5) is 20.1. The molecule has 11 heavy (non-hydrogen) atoms. The van der Waals surface area contributed by atoms with E-state index in [1.54, 1.807) is 0 Å².